The van der Waals surface area contributed by atoms with Gasteiger partial charge in [-0.2, -0.15) is 0 Å². The van der Waals surface area contributed by atoms with Crippen LogP contribution in [0.5, 0.6) is 0 Å². The smallest absolute Gasteiger partial charge is 0.322 e. The third-order valence-corrected chi connectivity index (χ3v) is 4.44. The molecular weight excluding hydrogens is 286 g/mol. The fraction of sp³-hybridized carbons (Fsp3) is 0.211. The molecule has 0 unspecified atom stereocenters. The molecule has 3 aromatic rings. The van der Waals surface area contributed by atoms with Crippen molar-refractivity contribution in [1.82, 2.24) is 9.88 Å². The van der Waals surface area contributed by atoms with E-state index >= 15 is 0 Å². The van der Waals surface area contributed by atoms with Crippen LogP contribution < -0.4 is 5.32 Å². The Labute approximate surface area is 135 Å². The summed E-state index contributed by atoms with van der Waals surface area (Å²) in [7, 11) is 0. The molecule has 4 heteroatoms. The van der Waals surface area contributed by atoms with Gasteiger partial charge in [-0.1, -0.05) is 30.3 Å². The monoisotopic (exact) mass is 305 g/mol. The molecule has 1 aromatic heterocycles. The molecule has 23 heavy (non-hydrogen) atoms. The Kier molecular flexibility index (Phi) is 3.30. The van der Waals surface area contributed by atoms with Crippen molar-refractivity contribution in [2.24, 2.45) is 0 Å². The zero-order valence-electron chi connectivity index (χ0n) is 13.1. The van der Waals surface area contributed by atoms with Crippen LogP contribution in [0.4, 0.5) is 10.5 Å². The molecule has 4 rings (SSSR count). The summed E-state index contributed by atoms with van der Waals surface area (Å²) in [5.41, 5.74) is 5.75. The van der Waals surface area contributed by atoms with E-state index < -0.39 is 0 Å². The highest BCUT2D eigenvalue weighted by Gasteiger charge is 2.24. The number of benzene rings is 2. The molecule has 2 heterocycles. The molecule has 116 valence electrons. The summed E-state index contributed by atoms with van der Waals surface area (Å²) in [6.45, 7) is 3.48. The first-order valence-corrected chi connectivity index (χ1v) is 7.92. The Morgan fingerprint density at radius 3 is 2.83 bits per heavy atom. The number of nitrogens with one attached hydrogen (secondary N) is 2. The van der Waals surface area contributed by atoms with E-state index in [1.165, 1.54) is 27.7 Å². The van der Waals surface area contributed by atoms with E-state index in [0.29, 0.717) is 6.54 Å². The van der Waals surface area contributed by atoms with Gasteiger partial charge in [0, 0.05) is 47.4 Å². The number of carbonyl (C=O) groups excluding carboxylic acids is 1. The molecule has 0 radical (unpaired) electrons. The van der Waals surface area contributed by atoms with Gasteiger partial charge in [0.25, 0.3) is 0 Å². The molecule has 0 bridgehead atoms. The molecule has 0 aliphatic carbocycles. The summed E-state index contributed by atoms with van der Waals surface area (Å²) >= 11 is 0. The average Bonchev–Trinajstić information content (AvgIpc) is 2.92. The minimum atomic E-state index is -0.0386. The van der Waals surface area contributed by atoms with Crippen LogP contribution in [0.3, 0.4) is 0 Å². The molecule has 0 spiro atoms. The number of aryl methyl sites for hydroxylation is 1. The van der Waals surface area contributed by atoms with Crippen molar-refractivity contribution in [2.45, 2.75) is 19.9 Å². The fourth-order valence-corrected chi connectivity index (χ4v) is 3.23. The lowest BCUT2D eigenvalue weighted by Crippen LogP contribution is -2.38. The van der Waals surface area contributed by atoms with Crippen LogP contribution >= 0.6 is 0 Å². The standard InChI is InChI=1S/C19H19N3O/c1-13-7-8-15-16-12-22(10-9-17(16)21-18(15)11-13)19(23)20-14-5-3-2-4-6-14/h2-8,11,21H,9-10,12H2,1H3,(H,20,23). The van der Waals surface area contributed by atoms with E-state index in [2.05, 4.69) is 35.4 Å². The predicted octanol–water partition coefficient (Wildman–Crippen LogP) is 4.07. The van der Waals surface area contributed by atoms with Crippen molar-refractivity contribution in [2.75, 3.05) is 11.9 Å². The number of aromatic nitrogens is 1. The Bertz CT molecular complexity index is 867. The SMILES string of the molecule is Cc1ccc2c3c([nH]c2c1)CCN(C(=O)Nc1ccccc1)C3. The molecule has 2 N–H and O–H groups in total. The first-order chi connectivity index (χ1) is 11.2. The summed E-state index contributed by atoms with van der Waals surface area (Å²) in [6, 6.07) is 16.0. The number of aromatic amines is 1. The molecule has 2 aromatic carbocycles. The highest BCUT2D eigenvalue weighted by atomic mass is 16.2. The first-order valence-electron chi connectivity index (χ1n) is 7.92. The Hall–Kier alpha value is -2.75. The maximum Gasteiger partial charge on any atom is 0.322 e. The minimum Gasteiger partial charge on any atom is -0.358 e. The summed E-state index contributed by atoms with van der Waals surface area (Å²) < 4.78 is 0. The van der Waals surface area contributed by atoms with Gasteiger partial charge in [0.15, 0.2) is 0 Å². The number of anilines is 1. The lowest BCUT2D eigenvalue weighted by Gasteiger charge is -2.27. The van der Waals surface area contributed by atoms with E-state index in [9.17, 15) is 4.79 Å². The maximum atomic E-state index is 12.5. The lowest BCUT2D eigenvalue weighted by molar-refractivity contribution is 0.206. The third kappa shape index (κ3) is 2.57. The normalized spacial score (nSPS) is 13.9. The number of urea groups is 1. The van der Waals surface area contributed by atoms with Crippen molar-refractivity contribution in [1.29, 1.82) is 0 Å². The van der Waals surface area contributed by atoms with E-state index in [1.54, 1.807) is 0 Å². The number of hydrogen-bond acceptors (Lipinski definition) is 1. The quantitative estimate of drug-likeness (QED) is 0.699. The molecule has 0 atom stereocenters. The summed E-state index contributed by atoms with van der Waals surface area (Å²) in [5, 5.41) is 4.19. The predicted molar refractivity (Wildman–Crippen MR) is 92.6 cm³/mol. The largest absolute Gasteiger partial charge is 0.358 e. The zero-order valence-corrected chi connectivity index (χ0v) is 13.1. The molecule has 0 saturated heterocycles. The molecular formula is C19H19N3O. The van der Waals surface area contributed by atoms with E-state index in [4.69, 9.17) is 0 Å². The van der Waals surface area contributed by atoms with Gasteiger partial charge in [-0.25, -0.2) is 4.79 Å². The van der Waals surface area contributed by atoms with Crippen molar-refractivity contribution in [3.63, 3.8) is 0 Å². The number of amides is 2. The second-order valence-electron chi connectivity index (χ2n) is 6.10. The van der Waals surface area contributed by atoms with Crippen LogP contribution in [-0.4, -0.2) is 22.5 Å². The van der Waals surface area contributed by atoms with Gasteiger partial charge in [-0.3, -0.25) is 0 Å². The van der Waals surface area contributed by atoms with Crippen LogP contribution in [0.15, 0.2) is 48.5 Å². The number of hydrogen-bond donors (Lipinski definition) is 2. The van der Waals surface area contributed by atoms with E-state index in [-0.39, 0.29) is 6.03 Å². The van der Waals surface area contributed by atoms with E-state index in [1.807, 2.05) is 35.2 Å². The third-order valence-electron chi connectivity index (χ3n) is 4.44. The number of H-pyrrole nitrogens is 1. The van der Waals surface area contributed by atoms with Gasteiger partial charge in [-0.15, -0.1) is 0 Å². The molecule has 0 saturated carbocycles. The Morgan fingerprint density at radius 1 is 1.17 bits per heavy atom. The van der Waals surface area contributed by atoms with Crippen molar-refractivity contribution < 1.29 is 4.79 Å². The van der Waals surface area contributed by atoms with Crippen LogP contribution in [0.1, 0.15) is 16.8 Å². The second-order valence-corrected chi connectivity index (χ2v) is 6.10. The topological polar surface area (TPSA) is 48.1 Å². The number of para-hydroxylation sites is 1. The summed E-state index contributed by atoms with van der Waals surface area (Å²) in [5.74, 6) is 0. The van der Waals surface area contributed by atoms with Gasteiger partial charge in [0.1, 0.15) is 0 Å². The second kappa shape index (κ2) is 5.47. The molecule has 1 aliphatic heterocycles. The van der Waals surface area contributed by atoms with Crippen LogP contribution in [-0.2, 0) is 13.0 Å². The van der Waals surface area contributed by atoms with Gasteiger partial charge in [-0.05, 0) is 30.7 Å². The number of nitrogens with zero attached hydrogens (tertiary/aromatic N) is 1. The zero-order chi connectivity index (χ0) is 15.8. The molecule has 1 aliphatic rings. The van der Waals surface area contributed by atoms with Crippen molar-refractivity contribution in [3.8, 4) is 0 Å². The van der Waals surface area contributed by atoms with Gasteiger partial charge >= 0.3 is 6.03 Å². The number of rotatable bonds is 1. The highest BCUT2D eigenvalue weighted by molar-refractivity contribution is 5.91. The molecule has 0 fully saturated rings. The van der Waals surface area contributed by atoms with Gasteiger partial charge in [0.05, 0.1) is 0 Å². The number of fused-ring (bicyclic) bond motifs is 3. The minimum absolute atomic E-state index is 0.0386. The Balaban J connectivity index is 1.58. The maximum absolute atomic E-state index is 12.5. The molecule has 4 nitrogen and oxygen atoms in total. The van der Waals surface area contributed by atoms with Crippen LogP contribution in [0.25, 0.3) is 10.9 Å². The Morgan fingerprint density at radius 2 is 2.00 bits per heavy atom. The van der Waals surface area contributed by atoms with E-state index in [0.717, 1.165) is 18.7 Å². The summed E-state index contributed by atoms with van der Waals surface area (Å²) in [4.78, 5) is 17.9. The summed E-state index contributed by atoms with van der Waals surface area (Å²) in [6.07, 6.45) is 0.866. The van der Waals surface area contributed by atoms with Gasteiger partial charge in [0.2, 0.25) is 0 Å². The lowest BCUT2D eigenvalue weighted by atomic mass is 10.0. The average molecular weight is 305 g/mol. The number of carbonyl (C=O) groups is 1. The first kappa shape index (κ1) is 13.9. The van der Waals surface area contributed by atoms with Crippen molar-refractivity contribution in [3.05, 3.63) is 65.4 Å². The van der Waals surface area contributed by atoms with Crippen LogP contribution in [0.2, 0.25) is 0 Å². The highest BCUT2D eigenvalue weighted by Crippen LogP contribution is 2.28. The van der Waals surface area contributed by atoms with Crippen LogP contribution in [0, 0.1) is 6.92 Å². The van der Waals surface area contributed by atoms with Crippen molar-refractivity contribution >= 4 is 22.6 Å². The van der Waals surface area contributed by atoms with Gasteiger partial charge < -0.3 is 15.2 Å². The fourth-order valence-electron chi connectivity index (χ4n) is 3.23. The molecule has 2 amide bonds.